The molecule has 1 atom stereocenters. The summed E-state index contributed by atoms with van der Waals surface area (Å²) < 4.78 is 20.9. The summed E-state index contributed by atoms with van der Waals surface area (Å²) in [7, 11) is 0. The maximum Gasteiger partial charge on any atom is 0.340 e. The van der Waals surface area contributed by atoms with Gasteiger partial charge in [-0.05, 0) is 58.9 Å². The SMILES string of the molecule is CCOCCOc1cc(N(CC)CC)ccc1C1(c2c(C)n(CC)c3ccccc23)OC(=O)c2ccccc21. The normalized spacial score (nSPS) is 16.4. The molecular weight excluding hydrogens is 488 g/mol. The maximum atomic E-state index is 13.5. The van der Waals surface area contributed by atoms with E-state index in [1.165, 1.54) is 0 Å². The third kappa shape index (κ3) is 4.37. The minimum atomic E-state index is -1.17. The number of nitrogens with zero attached hydrogens (tertiary/aromatic N) is 2. The van der Waals surface area contributed by atoms with Crippen LogP contribution in [0.5, 0.6) is 5.75 Å². The van der Waals surface area contributed by atoms with Gasteiger partial charge in [-0.25, -0.2) is 4.79 Å². The number of hydrogen-bond donors (Lipinski definition) is 0. The predicted octanol–water partition coefficient (Wildman–Crippen LogP) is 6.69. The van der Waals surface area contributed by atoms with Gasteiger partial charge in [0.1, 0.15) is 12.4 Å². The fraction of sp³-hybridized carbons (Fsp3) is 0.364. The zero-order valence-electron chi connectivity index (χ0n) is 23.6. The van der Waals surface area contributed by atoms with Crippen LogP contribution < -0.4 is 9.64 Å². The number of carbonyl (C=O) groups excluding carboxylic acids is 1. The molecule has 1 aliphatic heterocycles. The number of aromatic nitrogens is 1. The molecule has 0 amide bonds. The molecule has 0 aliphatic carbocycles. The Bertz CT molecular complexity index is 1490. The Labute approximate surface area is 231 Å². The summed E-state index contributed by atoms with van der Waals surface area (Å²) in [5.74, 6) is 0.364. The standard InChI is InChI=1S/C33H38N2O4/c1-6-34(7-2)24-18-19-28(30(22-24)38-21-20-37-9-4)33(27-16-12-10-14-25(27)32(36)39-33)31-23(5)35(8-3)29-17-13-11-15-26(29)31/h10-19,22H,6-9,20-21H2,1-5H3. The molecule has 0 fully saturated rings. The first kappa shape index (κ1) is 26.8. The minimum absolute atomic E-state index is 0.327. The van der Waals surface area contributed by atoms with Gasteiger partial charge >= 0.3 is 5.97 Å². The molecule has 0 radical (unpaired) electrons. The summed E-state index contributed by atoms with van der Waals surface area (Å²) in [4.78, 5) is 15.8. The highest BCUT2D eigenvalue weighted by molar-refractivity contribution is 5.99. The molecule has 39 heavy (non-hydrogen) atoms. The van der Waals surface area contributed by atoms with E-state index in [4.69, 9.17) is 14.2 Å². The fourth-order valence-electron chi connectivity index (χ4n) is 6.08. The van der Waals surface area contributed by atoms with E-state index in [-0.39, 0.29) is 5.97 Å². The number of hydrogen-bond acceptors (Lipinski definition) is 5. The van der Waals surface area contributed by atoms with Crippen molar-refractivity contribution in [1.82, 2.24) is 4.57 Å². The van der Waals surface area contributed by atoms with Gasteiger partial charge in [0.2, 0.25) is 0 Å². The molecule has 0 saturated carbocycles. The molecule has 0 N–H and O–H groups in total. The molecule has 2 heterocycles. The zero-order chi connectivity index (χ0) is 27.6. The number of anilines is 1. The Morgan fingerprint density at radius 1 is 0.897 bits per heavy atom. The summed E-state index contributed by atoms with van der Waals surface area (Å²) in [5, 5.41) is 1.06. The molecule has 6 heteroatoms. The highest BCUT2D eigenvalue weighted by atomic mass is 16.6. The second-order valence-corrected chi connectivity index (χ2v) is 9.74. The van der Waals surface area contributed by atoms with Crippen molar-refractivity contribution in [3.8, 4) is 5.75 Å². The van der Waals surface area contributed by atoms with Crippen molar-refractivity contribution in [2.45, 2.75) is 46.8 Å². The number of carbonyl (C=O) groups is 1. The lowest BCUT2D eigenvalue weighted by atomic mass is 9.78. The fourth-order valence-corrected chi connectivity index (χ4v) is 6.08. The van der Waals surface area contributed by atoms with E-state index < -0.39 is 5.60 Å². The molecule has 4 aromatic rings. The van der Waals surface area contributed by atoms with E-state index in [0.29, 0.717) is 31.1 Å². The van der Waals surface area contributed by atoms with Crippen LogP contribution in [-0.2, 0) is 21.6 Å². The molecule has 1 aromatic heterocycles. The van der Waals surface area contributed by atoms with Crippen LogP contribution in [0.15, 0.2) is 66.7 Å². The monoisotopic (exact) mass is 526 g/mol. The quantitative estimate of drug-likeness (QED) is 0.161. The first-order valence-corrected chi connectivity index (χ1v) is 14.0. The van der Waals surface area contributed by atoms with E-state index in [2.05, 4.69) is 73.6 Å². The van der Waals surface area contributed by atoms with Crippen LogP contribution in [0.3, 0.4) is 0 Å². The number of benzene rings is 3. The largest absolute Gasteiger partial charge is 0.491 e. The van der Waals surface area contributed by atoms with Crippen LogP contribution in [0.1, 0.15) is 60.4 Å². The minimum Gasteiger partial charge on any atom is -0.491 e. The maximum absolute atomic E-state index is 13.5. The number of esters is 1. The van der Waals surface area contributed by atoms with Crippen LogP contribution in [0.4, 0.5) is 5.69 Å². The first-order valence-electron chi connectivity index (χ1n) is 14.0. The van der Waals surface area contributed by atoms with E-state index in [9.17, 15) is 4.79 Å². The van der Waals surface area contributed by atoms with Crippen molar-refractivity contribution in [3.63, 3.8) is 0 Å². The van der Waals surface area contributed by atoms with Gasteiger partial charge in [0, 0.05) is 71.3 Å². The van der Waals surface area contributed by atoms with Gasteiger partial charge in [0.15, 0.2) is 5.60 Å². The highest BCUT2D eigenvalue weighted by Gasteiger charge is 2.52. The third-order valence-electron chi connectivity index (χ3n) is 7.83. The first-order chi connectivity index (χ1) is 19.0. The Balaban J connectivity index is 1.84. The van der Waals surface area contributed by atoms with Gasteiger partial charge in [0.05, 0.1) is 12.2 Å². The molecular formula is C33H38N2O4. The lowest BCUT2D eigenvalue weighted by molar-refractivity contribution is 0.0242. The zero-order valence-corrected chi connectivity index (χ0v) is 23.6. The molecule has 1 aliphatic rings. The topological polar surface area (TPSA) is 52.9 Å². The molecule has 0 saturated heterocycles. The van der Waals surface area contributed by atoms with Crippen molar-refractivity contribution in [2.24, 2.45) is 0 Å². The van der Waals surface area contributed by atoms with E-state index in [0.717, 1.165) is 58.6 Å². The van der Waals surface area contributed by atoms with Crippen molar-refractivity contribution < 1.29 is 19.0 Å². The second-order valence-electron chi connectivity index (χ2n) is 9.74. The van der Waals surface area contributed by atoms with Crippen molar-refractivity contribution in [1.29, 1.82) is 0 Å². The molecule has 1 unspecified atom stereocenters. The Morgan fingerprint density at radius 3 is 2.38 bits per heavy atom. The smallest absolute Gasteiger partial charge is 0.340 e. The third-order valence-corrected chi connectivity index (χ3v) is 7.83. The summed E-state index contributed by atoms with van der Waals surface area (Å²) in [6, 6.07) is 22.4. The van der Waals surface area contributed by atoms with Crippen LogP contribution in [-0.4, -0.2) is 43.4 Å². The number of cyclic esters (lactones) is 1. The van der Waals surface area contributed by atoms with Gasteiger partial charge < -0.3 is 23.7 Å². The second kappa shape index (κ2) is 11.1. The summed E-state index contributed by atoms with van der Waals surface area (Å²) in [6.45, 7) is 14.6. The van der Waals surface area contributed by atoms with Crippen LogP contribution in [0.2, 0.25) is 0 Å². The lowest BCUT2D eigenvalue weighted by Gasteiger charge is -2.33. The van der Waals surface area contributed by atoms with Gasteiger partial charge in [-0.15, -0.1) is 0 Å². The van der Waals surface area contributed by atoms with E-state index in [1.807, 2.05) is 37.3 Å². The Hall–Kier alpha value is -3.77. The average Bonchev–Trinajstić information content (AvgIpc) is 3.42. The summed E-state index contributed by atoms with van der Waals surface area (Å²) in [5.41, 5.74) is 5.29. The van der Waals surface area contributed by atoms with Crippen molar-refractivity contribution in [2.75, 3.05) is 37.8 Å². The Morgan fingerprint density at radius 2 is 1.64 bits per heavy atom. The molecule has 0 bridgehead atoms. The van der Waals surface area contributed by atoms with Gasteiger partial charge in [0.25, 0.3) is 0 Å². The molecule has 0 spiro atoms. The van der Waals surface area contributed by atoms with E-state index in [1.54, 1.807) is 0 Å². The number of ether oxygens (including phenoxy) is 3. The number of para-hydroxylation sites is 1. The van der Waals surface area contributed by atoms with Gasteiger partial charge in [-0.2, -0.15) is 0 Å². The van der Waals surface area contributed by atoms with Gasteiger partial charge in [-0.3, -0.25) is 0 Å². The molecule has 5 rings (SSSR count). The summed E-state index contributed by atoms with van der Waals surface area (Å²) in [6.07, 6.45) is 0. The Kier molecular flexibility index (Phi) is 7.67. The molecule has 6 nitrogen and oxygen atoms in total. The van der Waals surface area contributed by atoms with Crippen LogP contribution in [0, 0.1) is 6.92 Å². The van der Waals surface area contributed by atoms with Crippen molar-refractivity contribution in [3.05, 3.63) is 94.7 Å². The van der Waals surface area contributed by atoms with E-state index >= 15 is 0 Å². The number of fused-ring (bicyclic) bond motifs is 2. The van der Waals surface area contributed by atoms with Crippen LogP contribution >= 0.6 is 0 Å². The number of rotatable bonds is 11. The average molecular weight is 527 g/mol. The van der Waals surface area contributed by atoms with Crippen LogP contribution in [0.25, 0.3) is 10.9 Å². The molecule has 204 valence electrons. The molecule has 3 aromatic carbocycles. The number of aryl methyl sites for hydroxylation is 1. The predicted molar refractivity (Wildman–Crippen MR) is 156 cm³/mol. The lowest BCUT2D eigenvalue weighted by Crippen LogP contribution is -2.32. The van der Waals surface area contributed by atoms with Crippen molar-refractivity contribution >= 4 is 22.6 Å². The summed E-state index contributed by atoms with van der Waals surface area (Å²) >= 11 is 0. The van der Waals surface area contributed by atoms with Gasteiger partial charge in [-0.1, -0.05) is 36.4 Å². The highest BCUT2D eigenvalue weighted by Crippen LogP contribution is 2.53.